The van der Waals surface area contributed by atoms with Crippen molar-refractivity contribution in [1.82, 2.24) is 5.43 Å². The summed E-state index contributed by atoms with van der Waals surface area (Å²) in [5, 5.41) is 4.17. The van der Waals surface area contributed by atoms with E-state index in [2.05, 4.69) is 24.0 Å². The molecule has 0 spiro atoms. The number of hydrogen-bond acceptors (Lipinski definition) is 2. The molecule has 0 aliphatic heterocycles. The van der Waals surface area contributed by atoms with E-state index in [1.807, 2.05) is 6.92 Å². The maximum absolute atomic E-state index is 4.17. The van der Waals surface area contributed by atoms with Crippen LogP contribution in [0.4, 0.5) is 0 Å². The Morgan fingerprint density at radius 3 is 1.94 bits per heavy atom. The minimum atomic E-state index is 0.960. The van der Waals surface area contributed by atoms with E-state index >= 15 is 0 Å². The van der Waals surface area contributed by atoms with E-state index < -0.39 is 0 Å². The molecule has 106 valence electrons. The van der Waals surface area contributed by atoms with Gasteiger partial charge in [-0.15, -0.1) is 0 Å². The maximum Gasteiger partial charge on any atom is 0.0566 e. The third-order valence-corrected chi connectivity index (χ3v) is 3.19. The zero-order chi connectivity index (χ0) is 13.5. The topological polar surface area (TPSA) is 24.4 Å². The van der Waals surface area contributed by atoms with E-state index in [-0.39, 0.29) is 0 Å². The van der Waals surface area contributed by atoms with Gasteiger partial charge >= 0.3 is 0 Å². The quantitative estimate of drug-likeness (QED) is 0.276. The Morgan fingerprint density at radius 1 is 0.944 bits per heavy atom. The van der Waals surface area contributed by atoms with Crippen LogP contribution in [0.5, 0.6) is 0 Å². The zero-order valence-electron chi connectivity index (χ0n) is 12.5. The number of allylic oxidation sites excluding steroid dienone is 1. The Hall–Kier alpha value is -0.790. The molecule has 1 N–H and O–H groups in total. The molecule has 0 fully saturated rings. The molecular weight excluding hydrogens is 220 g/mol. The standard InChI is InChI=1S/C16H32N2/c1-4-6-7-8-9-10-11-12-13-14-15-17-18-16(3)5-2/h5,17H,2,4,6-15H2,1,3H3. The maximum atomic E-state index is 4.17. The Labute approximate surface area is 114 Å². The molecule has 18 heavy (non-hydrogen) atoms. The van der Waals surface area contributed by atoms with Crippen molar-refractivity contribution < 1.29 is 0 Å². The van der Waals surface area contributed by atoms with Gasteiger partial charge in [-0.25, -0.2) is 0 Å². The van der Waals surface area contributed by atoms with Crippen molar-refractivity contribution in [3.8, 4) is 0 Å². The van der Waals surface area contributed by atoms with E-state index in [0.717, 1.165) is 12.3 Å². The molecule has 0 heterocycles. The second kappa shape index (κ2) is 14.3. The molecular formula is C16H32N2. The molecule has 0 aliphatic rings. The van der Waals surface area contributed by atoms with Crippen LogP contribution in [0.1, 0.15) is 78.1 Å². The summed E-state index contributed by atoms with van der Waals surface area (Å²) in [5.41, 5.74) is 4.04. The van der Waals surface area contributed by atoms with Crippen molar-refractivity contribution in [2.45, 2.75) is 78.1 Å². The van der Waals surface area contributed by atoms with Crippen molar-refractivity contribution in [3.05, 3.63) is 12.7 Å². The highest BCUT2D eigenvalue weighted by Crippen LogP contribution is 2.10. The molecule has 0 aromatic carbocycles. The summed E-state index contributed by atoms with van der Waals surface area (Å²) < 4.78 is 0. The lowest BCUT2D eigenvalue weighted by molar-refractivity contribution is 0.547. The van der Waals surface area contributed by atoms with Crippen LogP contribution in [0.25, 0.3) is 0 Å². The van der Waals surface area contributed by atoms with Gasteiger partial charge in [-0.2, -0.15) is 5.10 Å². The highest BCUT2D eigenvalue weighted by Gasteiger charge is 1.92. The number of nitrogens with zero attached hydrogens (tertiary/aromatic N) is 1. The minimum Gasteiger partial charge on any atom is -0.310 e. The summed E-state index contributed by atoms with van der Waals surface area (Å²) in [7, 11) is 0. The fourth-order valence-electron chi connectivity index (χ4n) is 1.92. The number of rotatable bonds is 13. The van der Waals surface area contributed by atoms with Crippen molar-refractivity contribution >= 4 is 5.71 Å². The third kappa shape index (κ3) is 13.3. The Balaban J connectivity index is 3.05. The molecule has 0 radical (unpaired) electrons. The van der Waals surface area contributed by atoms with Gasteiger partial charge < -0.3 is 5.43 Å². The third-order valence-electron chi connectivity index (χ3n) is 3.19. The summed E-state index contributed by atoms with van der Waals surface area (Å²) in [6.07, 6.45) is 15.6. The van der Waals surface area contributed by atoms with Crippen LogP contribution < -0.4 is 5.43 Å². The van der Waals surface area contributed by atoms with E-state index in [9.17, 15) is 0 Å². The zero-order valence-corrected chi connectivity index (χ0v) is 12.5. The van der Waals surface area contributed by atoms with Crippen molar-refractivity contribution in [3.63, 3.8) is 0 Å². The van der Waals surface area contributed by atoms with Gasteiger partial charge in [0.25, 0.3) is 0 Å². The monoisotopic (exact) mass is 252 g/mol. The molecule has 0 unspecified atom stereocenters. The molecule has 0 aromatic rings. The van der Waals surface area contributed by atoms with Crippen LogP contribution in [-0.2, 0) is 0 Å². The molecule has 2 heteroatoms. The van der Waals surface area contributed by atoms with Crippen molar-refractivity contribution in [2.24, 2.45) is 5.10 Å². The highest BCUT2D eigenvalue weighted by atomic mass is 15.3. The van der Waals surface area contributed by atoms with Crippen LogP contribution in [0.3, 0.4) is 0 Å². The Bertz CT molecular complexity index is 209. The molecule has 0 saturated carbocycles. The number of unbranched alkanes of at least 4 members (excludes halogenated alkanes) is 9. The first kappa shape index (κ1) is 17.2. The lowest BCUT2D eigenvalue weighted by atomic mass is 10.1. The summed E-state index contributed by atoms with van der Waals surface area (Å²) in [6, 6.07) is 0. The number of hydrogen-bond donors (Lipinski definition) is 1. The Morgan fingerprint density at radius 2 is 1.44 bits per heavy atom. The van der Waals surface area contributed by atoms with Gasteiger partial charge in [-0.1, -0.05) is 71.3 Å². The number of hydrazone groups is 1. The van der Waals surface area contributed by atoms with Crippen LogP contribution in [0.2, 0.25) is 0 Å². The SMILES string of the molecule is C=CC(C)=NNCCCCCCCCCCCC. The largest absolute Gasteiger partial charge is 0.310 e. The molecule has 0 aromatic heterocycles. The minimum absolute atomic E-state index is 0.960. The fourth-order valence-corrected chi connectivity index (χ4v) is 1.92. The van der Waals surface area contributed by atoms with Crippen molar-refractivity contribution in [1.29, 1.82) is 0 Å². The lowest BCUT2D eigenvalue weighted by Gasteiger charge is -2.03. The van der Waals surface area contributed by atoms with Crippen LogP contribution >= 0.6 is 0 Å². The predicted molar refractivity (Wildman–Crippen MR) is 83.2 cm³/mol. The normalized spacial score (nSPS) is 11.6. The van der Waals surface area contributed by atoms with E-state index in [1.165, 1.54) is 64.2 Å². The van der Waals surface area contributed by atoms with Gasteiger partial charge in [0.15, 0.2) is 0 Å². The smallest absolute Gasteiger partial charge is 0.0566 e. The average Bonchev–Trinajstić information content (AvgIpc) is 2.39. The molecule has 0 atom stereocenters. The molecule has 0 rings (SSSR count). The van der Waals surface area contributed by atoms with Crippen LogP contribution in [0, 0.1) is 0 Å². The summed E-state index contributed by atoms with van der Waals surface area (Å²) >= 11 is 0. The fraction of sp³-hybridized carbons (Fsp3) is 0.812. The van der Waals surface area contributed by atoms with Gasteiger partial charge in [0, 0.05) is 6.54 Å². The summed E-state index contributed by atoms with van der Waals surface area (Å²) in [5.74, 6) is 0. The van der Waals surface area contributed by atoms with E-state index in [1.54, 1.807) is 6.08 Å². The second-order valence-electron chi connectivity index (χ2n) is 5.05. The summed E-state index contributed by atoms with van der Waals surface area (Å²) in [6.45, 7) is 8.88. The lowest BCUT2D eigenvalue weighted by Crippen LogP contribution is -2.09. The van der Waals surface area contributed by atoms with Gasteiger partial charge in [-0.05, 0) is 19.4 Å². The van der Waals surface area contributed by atoms with Gasteiger partial charge in [0.1, 0.15) is 0 Å². The first-order chi connectivity index (χ1) is 8.81. The van der Waals surface area contributed by atoms with E-state index in [0.29, 0.717) is 0 Å². The van der Waals surface area contributed by atoms with E-state index in [4.69, 9.17) is 0 Å². The molecule has 0 saturated heterocycles. The molecule has 0 amide bonds. The molecule has 0 bridgehead atoms. The molecule has 2 nitrogen and oxygen atoms in total. The van der Waals surface area contributed by atoms with Gasteiger partial charge in [-0.3, -0.25) is 0 Å². The average molecular weight is 252 g/mol. The van der Waals surface area contributed by atoms with Crippen LogP contribution in [0.15, 0.2) is 17.8 Å². The van der Waals surface area contributed by atoms with Gasteiger partial charge in [0.05, 0.1) is 5.71 Å². The first-order valence-electron chi connectivity index (χ1n) is 7.70. The molecule has 0 aliphatic carbocycles. The predicted octanol–water partition coefficient (Wildman–Crippen LogP) is 5.06. The highest BCUT2D eigenvalue weighted by molar-refractivity contribution is 5.91. The van der Waals surface area contributed by atoms with Gasteiger partial charge in [0.2, 0.25) is 0 Å². The first-order valence-corrected chi connectivity index (χ1v) is 7.70. The second-order valence-corrected chi connectivity index (χ2v) is 5.05. The van der Waals surface area contributed by atoms with Crippen molar-refractivity contribution in [2.75, 3.05) is 6.54 Å². The van der Waals surface area contributed by atoms with Crippen LogP contribution in [-0.4, -0.2) is 12.3 Å². The summed E-state index contributed by atoms with van der Waals surface area (Å²) in [4.78, 5) is 0. The Kier molecular flexibility index (Phi) is 13.6. The number of nitrogens with one attached hydrogen (secondary N) is 1.